The molecule has 14 nitrogen and oxygen atoms in total. The number of carbonyl (C=O) groups is 1. The third-order valence-corrected chi connectivity index (χ3v) is 11.1. The summed E-state index contributed by atoms with van der Waals surface area (Å²) in [6.07, 6.45) is 17.3. The second-order valence-electron chi connectivity index (χ2n) is 13.8. The number of rotatable bonds is 29. The Bertz CT molecular complexity index is 1600. The minimum Gasteiger partial charge on any atom is -0.465 e. The monoisotopic (exact) mass is 772 g/mol. The van der Waals surface area contributed by atoms with Crippen LogP contribution in [0.2, 0.25) is 0 Å². The van der Waals surface area contributed by atoms with Crippen molar-refractivity contribution in [3.05, 3.63) is 54.5 Å². The van der Waals surface area contributed by atoms with E-state index in [2.05, 4.69) is 22.1 Å². The topological polar surface area (TPSA) is 204 Å². The quantitative estimate of drug-likeness (QED) is 0.0305. The number of unbranched alkanes of at least 4 members (excludes halogenated alkanes) is 15. The number of nitrogen functional groups attached to an aromatic ring is 1. The molecule has 2 heterocycles. The highest BCUT2D eigenvalue weighted by atomic mass is 31.2. The Balaban J connectivity index is 1.46. The van der Waals surface area contributed by atoms with E-state index in [4.69, 9.17) is 24.3 Å². The van der Waals surface area contributed by atoms with Gasteiger partial charge in [0.05, 0.1) is 12.3 Å². The van der Waals surface area contributed by atoms with Gasteiger partial charge in [-0.3, -0.25) is 9.32 Å². The third-order valence-electron chi connectivity index (χ3n) is 9.51. The van der Waals surface area contributed by atoms with E-state index in [1.807, 2.05) is 6.07 Å². The number of para-hydroxylation sites is 1. The SMILES string of the molecule is CCCCCCCCCCCCCCCCCCOC(=O)[C@H](C)NP(=O)(OCC(C#N)(OC)[C@@H](O)[C@@H](O)c1ccc2c(N)ncnn12)Oc1ccccc1. The van der Waals surface area contributed by atoms with Gasteiger partial charge in [0.15, 0.2) is 5.82 Å². The molecule has 0 bridgehead atoms. The molecule has 0 aliphatic carbocycles. The highest BCUT2D eigenvalue weighted by molar-refractivity contribution is 7.52. The molecule has 3 rings (SSSR count). The molecule has 0 saturated heterocycles. The van der Waals surface area contributed by atoms with Crippen LogP contribution in [0.15, 0.2) is 48.8 Å². The predicted molar refractivity (Wildman–Crippen MR) is 207 cm³/mol. The van der Waals surface area contributed by atoms with Crippen molar-refractivity contribution in [2.75, 3.05) is 26.1 Å². The number of aliphatic hydroxyl groups excluding tert-OH is 2. The summed E-state index contributed by atoms with van der Waals surface area (Å²) in [4.78, 5) is 16.8. The van der Waals surface area contributed by atoms with Crippen LogP contribution >= 0.6 is 7.75 Å². The number of nitrogens with one attached hydrogen (secondary N) is 1. The Kier molecular flexibility index (Phi) is 20.0. The largest absolute Gasteiger partial charge is 0.465 e. The lowest BCUT2D eigenvalue weighted by molar-refractivity contribution is -0.145. The number of benzene rings is 1. The van der Waals surface area contributed by atoms with Crippen LogP contribution in [0, 0.1) is 11.3 Å². The number of ether oxygens (including phenoxy) is 2. The fourth-order valence-electron chi connectivity index (χ4n) is 6.15. The first-order chi connectivity index (χ1) is 26.1. The third kappa shape index (κ3) is 14.3. The Labute approximate surface area is 320 Å². The summed E-state index contributed by atoms with van der Waals surface area (Å²) in [7, 11) is -3.31. The van der Waals surface area contributed by atoms with E-state index < -0.39 is 44.2 Å². The molecule has 0 saturated carbocycles. The second kappa shape index (κ2) is 24.1. The molecule has 2 unspecified atom stereocenters. The lowest BCUT2D eigenvalue weighted by Gasteiger charge is -2.33. The first-order valence-electron chi connectivity index (χ1n) is 19.4. The van der Waals surface area contributed by atoms with E-state index in [9.17, 15) is 24.8 Å². The highest BCUT2D eigenvalue weighted by Gasteiger charge is 2.47. The molecular weight excluding hydrogens is 711 g/mol. The van der Waals surface area contributed by atoms with Crippen molar-refractivity contribution < 1.29 is 38.1 Å². The molecular formula is C39H61N6O8P. The standard InChI is InChI=1S/C39H61N6O8P/c1-4-5-6-7-8-9-10-11-12-13-14-15-16-17-18-22-27-51-38(48)31(2)44-54(49,53-32-23-20-19-21-24-32)52-29-39(28-40,50-3)36(47)35(46)33-25-26-34-37(41)42-30-43-45(33)34/h19-21,23-26,30-31,35-36,46-47H,4-18,22,27,29H2,1-3H3,(H,44,49)(H2,41,42,43)/t31-,35-,36-,39?,54?/m0/s1. The van der Waals surface area contributed by atoms with Crippen LogP contribution in [-0.4, -0.2) is 68.9 Å². The predicted octanol–water partition coefficient (Wildman–Crippen LogP) is 7.60. The van der Waals surface area contributed by atoms with Gasteiger partial charge in [0.25, 0.3) is 0 Å². The Morgan fingerprint density at radius 3 is 2.07 bits per heavy atom. The van der Waals surface area contributed by atoms with E-state index in [1.165, 1.54) is 113 Å². The summed E-state index contributed by atoms with van der Waals surface area (Å²) in [6, 6.07) is 11.8. The molecule has 0 fully saturated rings. The van der Waals surface area contributed by atoms with Crippen LogP contribution in [0.1, 0.15) is 128 Å². The number of fused-ring (bicyclic) bond motifs is 1. The van der Waals surface area contributed by atoms with Crippen LogP contribution in [0.4, 0.5) is 5.82 Å². The maximum atomic E-state index is 14.1. The van der Waals surface area contributed by atoms with Gasteiger partial charge >= 0.3 is 13.7 Å². The van der Waals surface area contributed by atoms with Crippen molar-refractivity contribution in [3.8, 4) is 11.8 Å². The van der Waals surface area contributed by atoms with Gasteiger partial charge in [0.1, 0.15) is 48.5 Å². The summed E-state index contributed by atoms with van der Waals surface area (Å²) in [5.74, 6) is -0.367. The summed E-state index contributed by atoms with van der Waals surface area (Å²) in [5, 5.41) is 39.3. The summed E-state index contributed by atoms with van der Waals surface area (Å²) in [6.45, 7) is 3.09. The normalized spacial score (nSPS) is 15.5. The van der Waals surface area contributed by atoms with Gasteiger partial charge in [-0.15, -0.1) is 0 Å². The van der Waals surface area contributed by atoms with Gasteiger partial charge in [-0.05, 0) is 37.6 Å². The maximum Gasteiger partial charge on any atom is 0.459 e. The van der Waals surface area contributed by atoms with Gasteiger partial charge in [-0.2, -0.15) is 15.4 Å². The van der Waals surface area contributed by atoms with Crippen molar-refractivity contribution in [1.29, 1.82) is 5.26 Å². The van der Waals surface area contributed by atoms with E-state index in [-0.39, 0.29) is 23.9 Å². The van der Waals surface area contributed by atoms with Crippen LogP contribution in [0.5, 0.6) is 5.75 Å². The average molecular weight is 773 g/mol. The zero-order valence-corrected chi connectivity index (χ0v) is 33.1. The first-order valence-corrected chi connectivity index (χ1v) is 21.0. The van der Waals surface area contributed by atoms with Crippen LogP contribution in [0.25, 0.3) is 5.52 Å². The molecule has 15 heteroatoms. The molecule has 5 N–H and O–H groups in total. The lowest BCUT2D eigenvalue weighted by atomic mass is 9.93. The number of anilines is 1. The Hall–Kier alpha value is -3.57. The zero-order chi connectivity index (χ0) is 39.2. The van der Waals surface area contributed by atoms with Gasteiger partial charge in [0.2, 0.25) is 5.60 Å². The lowest BCUT2D eigenvalue weighted by Crippen LogP contribution is -2.50. The van der Waals surface area contributed by atoms with Gasteiger partial charge < -0.3 is 29.9 Å². The summed E-state index contributed by atoms with van der Waals surface area (Å²) < 4.78 is 37.6. The molecule has 0 spiro atoms. The smallest absolute Gasteiger partial charge is 0.459 e. The Morgan fingerprint density at radius 1 is 0.944 bits per heavy atom. The number of esters is 1. The second-order valence-corrected chi connectivity index (χ2v) is 15.5. The van der Waals surface area contributed by atoms with Crippen molar-refractivity contribution in [1.82, 2.24) is 19.7 Å². The number of carbonyl (C=O) groups excluding carboxylic acids is 1. The minimum absolute atomic E-state index is 0.0887. The summed E-state index contributed by atoms with van der Waals surface area (Å²) in [5.41, 5.74) is 4.10. The maximum absolute atomic E-state index is 14.1. The molecule has 300 valence electrons. The number of nitriles is 1. The van der Waals surface area contributed by atoms with Crippen LogP contribution < -0.4 is 15.3 Å². The molecule has 0 radical (unpaired) electrons. The first kappa shape index (κ1) is 44.8. The number of nitrogens with two attached hydrogens (primary N) is 1. The molecule has 3 aromatic rings. The molecule has 0 aliphatic rings. The number of nitrogens with zero attached hydrogens (tertiary/aromatic N) is 4. The minimum atomic E-state index is -4.44. The van der Waals surface area contributed by atoms with E-state index in [0.29, 0.717) is 11.9 Å². The van der Waals surface area contributed by atoms with E-state index >= 15 is 0 Å². The van der Waals surface area contributed by atoms with Crippen molar-refractivity contribution in [2.24, 2.45) is 0 Å². The molecule has 1 aromatic carbocycles. The summed E-state index contributed by atoms with van der Waals surface area (Å²) >= 11 is 0. The van der Waals surface area contributed by atoms with Crippen molar-refractivity contribution in [2.45, 2.75) is 140 Å². The number of aliphatic hydroxyl groups is 2. The van der Waals surface area contributed by atoms with Crippen LogP contribution in [0.3, 0.4) is 0 Å². The molecule has 54 heavy (non-hydrogen) atoms. The number of methoxy groups -OCH3 is 1. The highest BCUT2D eigenvalue weighted by Crippen LogP contribution is 2.46. The fourth-order valence-corrected chi connectivity index (χ4v) is 7.67. The zero-order valence-electron chi connectivity index (χ0n) is 32.2. The fraction of sp³-hybridized carbons (Fsp3) is 0.641. The molecule has 5 atom stereocenters. The number of hydrogen-bond donors (Lipinski definition) is 4. The molecule has 0 aliphatic heterocycles. The number of hydrogen-bond acceptors (Lipinski definition) is 12. The van der Waals surface area contributed by atoms with Gasteiger partial charge in [0, 0.05) is 7.11 Å². The molecule has 0 amide bonds. The van der Waals surface area contributed by atoms with Crippen LogP contribution in [-0.2, 0) is 23.4 Å². The van der Waals surface area contributed by atoms with Crippen molar-refractivity contribution >= 4 is 25.1 Å². The van der Waals surface area contributed by atoms with Gasteiger partial charge in [-0.1, -0.05) is 121 Å². The van der Waals surface area contributed by atoms with E-state index in [0.717, 1.165) is 26.4 Å². The molecule has 2 aromatic heterocycles. The number of aromatic nitrogens is 3. The van der Waals surface area contributed by atoms with Gasteiger partial charge in [-0.25, -0.2) is 14.1 Å². The van der Waals surface area contributed by atoms with E-state index in [1.54, 1.807) is 24.3 Å². The average Bonchev–Trinajstić information content (AvgIpc) is 3.62. The van der Waals surface area contributed by atoms with Crippen molar-refractivity contribution in [3.63, 3.8) is 0 Å². The Morgan fingerprint density at radius 2 is 1.52 bits per heavy atom.